The van der Waals surface area contributed by atoms with Crippen molar-refractivity contribution in [1.82, 2.24) is 10.2 Å². The highest BCUT2D eigenvalue weighted by atomic mass is 16.3. The molecule has 0 spiro atoms. The SMILES string of the molecule is CC(O)C(C)(C)NC(=O)c1ccc(CN(C)C)cc1. The summed E-state index contributed by atoms with van der Waals surface area (Å²) in [5, 5.41) is 12.4. The number of nitrogens with one attached hydrogen (secondary N) is 1. The number of benzene rings is 1. The van der Waals surface area contributed by atoms with Gasteiger partial charge in [-0.1, -0.05) is 12.1 Å². The Kier molecular flexibility index (Phi) is 5.09. The van der Waals surface area contributed by atoms with E-state index < -0.39 is 11.6 Å². The highest BCUT2D eigenvalue weighted by Crippen LogP contribution is 2.11. The van der Waals surface area contributed by atoms with E-state index in [0.29, 0.717) is 5.56 Å². The Labute approximate surface area is 115 Å². The zero-order valence-electron chi connectivity index (χ0n) is 12.4. The average Bonchev–Trinajstić information content (AvgIpc) is 2.28. The summed E-state index contributed by atoms with van der Waals surface area (Å²) in [6, 6.07) is 7.52. The molecule has 2 N–H and O–H groups in total. The minimum Gasteiger partial charge on any atom is -0.391 e. The zero-order chi connectivity index (χ0) is 14.6. The predicted molar refractivity (Wildman–Crippen MR) is 77.1 cm³/mol. The standard InChI is InChI=1S/C15H24N2O2/c1-11(18)15(2,3)16-14(19)13-8-6-12(7-9-13)10-17(4)5/h6-9,11,18H,10H2,1-5H3,(H,16,19). The minimum atomic E-state index is -0.639. The van der Waals surface area contributed by atoms with Crippen molar-refractivity contribution >= 4 is 5.91 Å². The first-order chi connectivity index (χ1) is 8.72. The fraction of sp³-hybridized carbons (Fsp3) is 0.533. The summed E-state index contributed by atoms with van der Waals surface area (Å²) in [5.41, 5.74) is 1.13. The Hall–Kier alpha value is -1.39. The molecule has 19 heavy (non-hydrogen) atoms. The van der Waals surface area contributed by atoms with Crippen molar-refractivity contribution in [3.63, 3.8) is 0 Å². The maximum absolute atomic E-state index is 12.1. The first-order valence-electron chi connectivity index (χ1n) is 6.46. The lowest BCUT2D eigenvalue weighted by molar-refractivity contribution is 0.0709. The maximum Gasteiger partial charge on any atom is 0.251 e. The molecular weight excluding hydrogens is 240 g/mol. The summed E-state index contributed by atoms with van der Waals surface area (Å²) >= 11 is 0. The number of aliphatic hydroxyl groups excluding tert-OH is 1. The van der Waals surface area contributed by atoms with Gasteiger partial charge in [0, 0.05) is 12.1 Å². The zero-order valence-corrected chi connectivity index (χ0v) is 12.4. The fourth-order valence-corrected chi connectivity index (χ4v) is 1.60. The van der Waals surface area contributed by atoms with Crippen molar-refractivity contribution in [3.05, 3.63) is 35.4 Å². The van der Waals surface area contributed by atoms with Crippen LogP contribution in [0.3, 0.4) is 0 Å². The van der Waals surface area contributed by atoms with Crippen molar-refractivity contribution in [2.45, 2.75) is 39.0 Å². The van der Waals surface area contributed by atoms with Crippen LogP contribution in [0.5, 0.6) is 0 Å². The third kappa shape index (κ3) is 4.65. The number of rotatable bonds is 5. The molecule has 0 heterocycles. The normalized spacial score (nSPS) is 13.4. The summed E-state index contributed by atoms with van der Waals surface area (Å²) in [6.45, 7) is 6.12. The van der Waals surface area contributed by atoms with Gasteiger partial charge in [-0.05, 0) is 52.6 Å². The summed E-state index contributed by atoms with van der Waals surface area (Å²) in [5.74, 6) is -0.165. The van der Waals surface area contributed by atoms with Crippen molar-refractivity contribution < 1.29 is 9.90 Å². The van der Waals surface area contributed by atoms with Crippen LogP contribution in [0.15, 0.2) is 24.3 Å². The Bertz CT molecular complexity index is 422. The molecule has 1 amide bonds. The molecule has 106 valence electrons. The second-order valence-corrected chi connectivity index (χ2v) is 5.79. The van der Waals surface area contributed by atoms with Crippen LogP contribution in [0.25, 0.3) is 0 Å². The number of aliphatic hydroxyl groups is 1. The molecule has 0 saturated carbocycles. The lowest BCUT2D eigenvalue weighted by Crippen LogP contribution is -2.50. The van der Waals surface area contributed by atoms with Gasteiger partial charge in [0.25, 0.3) is 5.91 Å². The van der Waals surface area contributed by atoms with E-state index in [1.807, 2.05) is 38.4 Å². The molecule has 1 atom stereocenters. The summed E-state index contributed by atoms with van der Waals surface area (Å²) < 4.78 is 0. The molecule has 0 aliphatic heterocycles. The van der Waals surface area contributed by atoms with Gasteiger partial charge in [-0.3, -0.25) is 4.79 Å². The van der Waals surface area contributed by atoms with Gasteiger partial charge in [0.2, 0.25) is 0 Å². The molecule has 1 aromatic rings. The summed E-state index contributed by atoms with van der Waals surface area (Å²) in [4.78, 5) is 14.1. The molecule has 4 heteroatoms. The van der Waals surface area contributed by atoms with Crippen LogP contribution in [-0.4, -0.2) is 41.7 Å². The van der Waals surface area contributed by atoms with E-state index in [0.717, 1.165) is 12.1 Å². The highest BCUT2D eigenvalue weighted by Gasteiger charge is 2.26. The average molecular weight is 264 g/mol. The Morgan fingerprint density at radius 1 is 1.32 bits per heavy atom. The molecule has 0 saturated heterocycles. The molecule has 0 radical (unpaired) electrons. The van der Waals surface area contributed by atoms with Gasteiger partial charge in [-0.25, -0.2) is 0 Å². The van der Waals surface area contributed by atoms with E-state index in [2.05, 4.69) is 10.2 Å². The van der Waals surface area contributed by atoms with Crippen LogP contribution >= 0.6 is 0 Å². The smallest absolute Gasteiger partial charge is 0.251 e. The molecular formula is C15H24N2O2. The van der Waals surface area contributed by atoms with E-state index in [9.17, 15) is 9.90 Å². The molecule has 1 rings (SSSR count). The Morgan fingerprint density at radius 2 is 1.84 bits per heavy atom. The third-order valence-electron chi connectivity index (χ3n) is 3.20. The Morgan fingerprint density at radius 3 is 2.26 bits per heavy atom. The topological polar surface area (TPSA) is 52.6 Å². The molecule has 4 nitrogen and oxygen atoms in total. The third-order valence-corrected chi connectivity index (χ3v) is 3.20. The van der Waals surface area contributed by atoms with Gasteiger partial charge in [-0.15, -0.1) is 0 Å². The minimum absolute atomic E-state index is 0.165. The van der Waals surface area contributed by atoms with Gasteiger partial charge < -0.3 is 15.3 Å². The van der Waals surface area contributed by atoms with E-state index in [-0.39, 0.29) is 5.91 Å². The molecule has 1 unspecified atom stereocenters. The van der Waals surface area contributed by atoms with Gasteiger partial charge in [0.05, 0.1) is 11.6 Å². The van der Waals surface area contributed by atoms with Crippen LogP contribution in [-0.2, 0) is 6.54 Å². The maximum atomic E-state index is 12.1. The summed E-state index contributed by atoms with van der Waals surface area (Å²) in [7, 11) is 4.01. The number of carbonyl (C=O) groups is 1. The number of carbonyl (C=O) groups excluding carboxylic acids is 1. The lowest BCUT2D eigenvalue weighted by Gasteiger charge is -2.29. The second kappa shape index (κ2) is 6.17. The van der Waals surface area contributed by atoms with Crippen molar-refractivity contribution in [1.29, 1.82) is 0 Å². The quantitative estimate of drug-likeness (QED) is 0.850. The number of amides is 1. The fourth-order valence-electron chi connectivity index (χ4n) is 1.60. The van der Waals surface area contributed by atoms with E-state index in [1.54, 1.807) is 20.8 Å². The largest absolute Gasteiger partial charge is 0.391 e. The molecule has 0 bridgehead atoms. The molecule has 0 aliphatic carbocycles. The molecule has 0 aliphatic rings. The second-order valence-electron chi connectivity index (χ2n) is 5.79. The Balaban J connectivity index is 2.73. The highest BCUT2D eigenvalue weighted by molar-refractivity contribution is 5.94. The van der Waals surface area contributed by atoms with E-state index >= 15 is 0 Å². The number of hydrogen-bond donors (Lipinski definition) is 2. The van der Waals surface area contributed by atoms with Crippen LogP contribution in [0, 0.1) is 0 Å². The van der Waals surface area contributed by atoms with Crippen molar-refractivity contribution in [3.8, 4) is 0 Å². The van der Waals surface area contributed by atoms with E-state index in [4.69, 9.17) is 0 Å². The first kappa shape index (κ1) is 15.7. The lowest BCUT2D eigenvalue weighted by atomic mass is 9.98. The van der Waals surface area contributed by atoms with Crippen molar-refractivity contribution in [2.75, 3.05) is 14.1 Å². The van der Waals surface area contributed by atoms with E-state index in [1.165, 1.54) is 0 Å². The van der Waals surface area contributed by atoms with Crippen LogP contribution in [0.2, 0.25) is 0 Å². The van der Waals surface area contributed by atoms with Gasteiger partial charge in [-0.2, -0.15) is 0 Å². The molecule has 0 fully saturated rings. The van der Waals surface area contributed by atoms with Crippen molar-refractivity contribution in [2.24, 2.45) is 0 Å². The molecule has 0 aromatic heterocycles. The number of hydrogen-bond acceptors (Lipinski definition) is 3. The van der Waals surface area contributed by atoms with Crippen LogP contribution in [0.1, 0.15) is 36.7 Å². The van der Waals surface area contributed by atoms with Crippen LogP contribution in [0.4, 0.5) is 0 Å². The predicted octanol–water partition coefficient (Wildman–Crippen LogP) is 1.64. The van der Waals surface area contributed by atoms with Gasteiger partial charge in [0.15, 0.2) is 0 Å². The summed E-state index contributed by atoms with van der Waals surface area (Å²) in [6.07, 6.45) is -0.607. The van der Waals surface area contributed by atoms with Gasteiger partial charge in [0.1, 0.15) is 0 Å². The molecule has 1 aromatic carbocycles. The van der Waals surface area contributed by atoms with Crippen LogP contribution < -0.4 is 5.32 Å². The monoisotopic (exact) mass is 264 g/mol. The van der Waals surface area contributed by atoms with Gasteiger partial charge >= 0.3 is 0 Å². The first-order valence-corrected chi connectivity index (χ1v) is 6.46. The number of nitrogens with zero attached hydrogens (tertiary/aromatic N) is 1.